The van der Waals surface area contributed by atoms with E-state index >= 15 is 0 Å². The third kappa shape index (κ3) is 2.05. The highest BCUT2D eigenvalue weighted by Crippen LogP contribution is 2.27. The molecule has 0 bridgehead atoms. The van der Waals surface area contributed by atoms with Crippen LogP contribution >= 0.6 is 0 Å². The van der Waals surface area contributed by atoms with Crippen LogP contribution in [0.5, 0.6) is 5.75 Å². The Morgan fingerprint density at radius 2 is 1.71 bits per heavy atom. The summed E-state index contributed by atoms with van der Waals surface area (Å²) in [5, 5.41) is 19.0. The van der Waals surface area contributed by atoms with Crippen LogP contribution < -0.4 is 5.73 Å². The van der Waals surface area contributed by atoms with Crippen molar-refractivity contribution >= 4 is 0 Å². The van der Waals surface area contributed by atoms with Gasteiger partial charge in [-0.25, -0.2) is 0 Å². The van der Waals surface area contributed by atoms with Crippen LogP contribution in [0.15, 0.2) is 12.1 Å². The number of hydrogen-bond acceptors (Lipinski definition) is 3. The number of phenolic OH excluding ortho intramolecular Hbond substituents is 1. The molecular formula is C11H17NO2. The fraction of sp³-hybridized carbons (Fsp3) is 0.455. The van der Waals surface area contributed by atoms with E-state index < -0.39 is 12.1 Å². The molecule has 14 heavy (non-hydrogen) atoms. The minimum atomic E-state index is -0.664. The van der Waals surface area contributed by atoms with Crippen molar-refractivity contribution in [2.45, 2.75) is 32.9 Å². The molecule has 0 amide bonds. The van der Waals surface area contributed by atoms with Crippen molar-refractivity contribution in [3.05, 3.63) is 28.8 Å². The van der Waals surface area contributed by atoms with Crippen molar-refractivity contribution in [3.63, 3.8) is 0 Å². The summed E-state index contributed by atoms with van der Waals surface area (Å²) in [6.07, 6.45) is -0.664. The molecule has 0 fully saturated rings. The molecule has 0 saturated heterocycles. The number of benzene rings is 1. The number of aliphatic hydroxyl groups excluding tert-OH is 1. The standard InChI is InChI=1S/C11H17NO2/c1-6-4-9(11(12)8(3)13)10(14)5-7(6)2/h4-5,8,11,13-14H,12H2,1-3H3/t8?,11-/m1/s1. The van der Waals surface area contributed by atoms with Crippen LogP contribution in [-0.4, -0.2) is 16.3 Å². The average Bonchev–Trinajstić information content (AvgIpc) is 2.10. The monoisotopic (exact) mass is 195 g/mol. The van der Waals surface area contributed by atoms with E-state index in [2.05, 4.69) is 0 Å². The molecule has 0 aromatic heterocycles. The third-order valence-electron chi connectivity index (χ3n) is 2.52. The van der Waals surface area contributed by atoms with Gasteiger partial charge in [-0.3, -0.25) is 0 Å². The Hall–Kier alpha value is -1.06. The second-order valence-corrected chi connectivity index (χ2v) is 3.76. The molecule has 0 spiro atoms. The van der Waals surface area contributed by atoms with Gasteiger partial charge in [-0.15, -0.1) is 0 Å². The number of aryl methyl sites for hydroxylation is 2. The highest BCUT2D eigenvalue weighted by atomic mass is 16.3. The van der Waals surface area contributed by atoms with Gasteiger partial charge in [0.1, 0.15) is 5.75 Å². The van der Waals surface area contributed by atoms with Crippen LogP contribution in [0, 0.1) is 13.8 Å². The molecule has 0 radical (unpaired) electrons. The maximum atomic E-state index is 9.64. The quantitative estimate of drug-likeness (QED) is 0.668. The zero-order valence-electron chi connectivity index (χ0n) is 8.78. The first-order valence-electron chi connectivity index (χ1n) is 4.67. The number of phenols is 1. The Labute approximate surface area is 84.2 Å². The summed E-state index contributed by atoms with van der Waals surface area (Å²) in [6, 6.07) is 2.96. The van der Waals surface area contributed by atoms with E-state index in [1.165, 1.54) is 0 Å². The van der Waals surface area contributed by atoms with Gasteiger partial charge in [0.05, 0.1) is 12.1 Å². The zero-order valence-corrected chi connectivity index (χ0v) is 8.78. The molecule has 0 saturated carbocycles. The van der Waals surface area contributed by atoms with Gasteiger partial charge < -0.3 is 15.9 Å². The molecule has 0 aliphatic carbocycles. The Balaban J connectivity index is 3.15. The number of nitrogens with two attached hydrogens (primary N) is 1. The maximum Gasteiger partial charge on any atom is 0.120 e. The molecule has 3 nitrogen and oxygen atoms in total. The molecular weight excluding hydrogens is 178 g/mol. The van der Waals surface area contributed by atoms with Crippen molar-refractivity contribution in [2.24, 2.45) is 5.73 Å². The van der Waals surface area contributed by atoms with E-state index in [4.69, 9.17) is 5.73 Å². The topological polar surface area (TPSA) is 66.5 Å². The summed E-state index contributed by atoms with van der Waals surface area (Å²) in [5.41, 5.74) is 8.43. The normalized spacial score (nSPS) is 15.2. The third-order valence-corrected chi connectivity index (χ3v) is 2.52. The number of aromatic hydroxyl groups is 1. The van der Waals surface area contributed by atoms with Crippen LogP contribution in [0.3, 0.4) is 0 Å². The first kappa shape index (κ1) is 11.0. The van der Waals surface area contributed by atoms with E-state index in [1.807, 2.05) is 19.9 Å². The first-order valence-corrected chi connectivity index (χ1v) is 4.67. The first-order chi connectivity index (χ1) is 6.43. The van der Waals surface area contributed by atoms with E-state index in [0.29, 0.717) is 5.56 Å². The maximum absolute atomic E-state index is 9.64. The molecule has 0 heterocycles. The summed E-state index contributed by atoms with van der Waals surface area (Å²) in [7, 11) is 0. The second-order valence-electron chi connectivity index (χ2n) is 3.76. The van der Waals surface area contributed by atoms with Crippen LogP contribution in [0.4, 0.5) is 0 Å². The largest absolute Gasteiger partial charge is 0.508 e. The fourth-order valence-electron chi connectivity index (χ4n) is 1.35. The molecule has 4 N–H and O–H groups in total. The van der Waals surface area contributed by atoms with Gasteiger partial charge in [-0.05, 0) is 38.0 Å². The van der Waals surface area contributed by atoms with Crippen LogP contribution in [0.1, 0.15) is 29.7 Å². The lowest BCUT2D eigenvalue weighted by Gasteiger charge is -2.17. The van der Waals surface area contributed by atoms with Gasteiger partial charge in [0.15, 0.2) is 0 Å². The van der Waals surface area contributed by atoms with Crippen LogP contribution in [0.25, 0.3) is 0 Å². The van der Waals surface area contributed by atoms with Crippen molar-refractivity contribution in [3.8, 4) is 5.75 Å². The van der Waals surface area contributed by atoms with Gasteiger partial charge in [0.2, 0.25) is 0 Å². The lowest BCUT2D eigenvalue weighted by molar-refractivity contribution is 0.163. The van der Waals surface area contributed by atoms with Crippen LogP contribution in [0.2, 0.25) is 0 Å². The molecule has 1 rings (SSSR count). The predicted molar refractivity (Wildman–Crippen MR) is 56.2 cm³/mol. The Morgan fingerprint density at radius 1 is 1.21 bits per heavy atom. The Bertz CT molecular complexity index is 334. The average molecular weight is 195 g/mol. The van der Waals surface area contributed by atoms with Crippen LogP contribution in [-0.2, 0) is 0 Å². The summed E-state index contributed by atoms with van der Waals surface area (Å²) in [5.74, 6) is 0.154. The molecule has 78 valence electrons. The highest BCUT2D eigenvalue weighted by molar-refractivity contribution is 5.42. The Kier molecular flexibility index (Phi) is 3.13. The lowest BCUT2D eigenvalue weighted by Crippen LogP contribution is -2.23. The summed E-state index contributed by atoms with van der Waals surface area (Å²) in [6.45, 7) is 5.49. The lowest BCUT2D eigenvalue weighted by atomic mass is 9.97. The van der Waals surface area contributed by atoms with Gasteiger partial charge in [0, 0.05) is 5.56 Å². The molecule has 1 aromatic rings. The number of hydrogen-bond donors (Lipinski definition) is 3. The predicted octanol–water partition coefficient (Wildman–Crippen LogP) is 1.39. The van der Waals surface area contributed by atoms with Gasteiger partial charge in [-0.1, -0.05) is 6.07 Å². The molecule has 3 heteroatoms. The van der Waals surface area contributed by atoms with Crippen molar-refractivity contribution in [1.82, 2.24) is 0 Å². The molecule has 1 aromatic carbocycles. The molecule has 1 unspecified atom stereocenters. The van der Waals surface area contributed by atoms with Gasteiger partial charge in [-0.2, -0.15) is 0 Å². The smallest absolute Gasteiger partial charge is 0.120 e. The zero-order chi connectivity index (χ0) is 10.9. The van der Waals surface area contributed by atoms with E-state index in [9.17, 15) is 10.2 Å². The second kappa shape index (κ2) is 3.98. The van der Waals surface area contributed by atoms with Crippen molar-refractivity contribution < 1.29 is 10.2 Å². The van der Waals surface area contributed by atoms with Gasteiger partial charge >= 0.3 is 0 Å². The highest BCUT2D eigenvalue weighted by Gasteiger charge is 2.16. The Morgan fingerprint density at radius 3 is 2.21 bits per heavy atom. The summed E-state index contributed by atoms with van der Waals surface area (Å²) >= 11 is 0. The fourth-order valence-corrected chi connectivity index (χ4v) is 1.35. The van der Waals surface area contributed by atoms with E-state index in [-0.39, 0.29) is 5.75 Å². The summed E-state index contributed by atoms with van der Waals surface area (Å²) in [4.78, 5) is 0. The molecule has 0 aliphatic rings. The molecule has 2 atom stereocenters. The van der Waals surface area contributed by atoms with E-state index in [1.54, 1.807) is 13.0 Å². The van der Waals surface area contributed by atoms with E-state index in [0.717, 1.165) is 11.1 Å². The number of rotatable bonds is 2. The van der Waals surface area contributed by atoms with Gasteiger partial charge in [0.25, 0.3) is 0 Å². The SMILES string of the molecule is Cc1cc(O)c([C@H](N)C(C)O)cc1C. The number of aliphatic hydroxyl groups is 1. The minimum Gasteiger partial charge on any atom is -0.508 e. The summed E-state index contributed by atoms with van der Waals surface area (Å²) < 4.78 is 0. The molecule has 0 aliphatic heterocycles. The van der Waals surface area contributed by atoms with Crippen molar-refractivity contribution in [2.75, 3.05) is 0 Å². The van der Waals surface area contributed by atoms with Crippen molar-refractivity contribution in [1.29, 1.82) is 0 Å². The minimum absolute atomic E-state index is 0.154.